The average molecular weight is 223 g/mol. The Morgan fingerprint density at radius 3 is 2.56 bits per heavy atom. The van der Waals surface area contributed by atoms with Crippen LogP contribution in [-0.4, -0.2) is 43.9 Å². The Labute approximate surface area is 97.7 Å². The Hall–Kier alpha value is -0.900. The summed E-state index contributed by atoms with van der Waals surface area (Å²) in [6, 6.07) is 10.5. The molecule has 0 fully saturated rings. The first-order chi connectivity index (χ1) is 7.79. The monoisotopic (exact) mass is 223 g/mol. The maximum atomic E-state index is 9.11. The first-order valence-electron chi connectivity index (χ1n) is 5.64. The van der Waals surface area contributed by atoms with Crippen LogP contribution in [0.3, 0.4) is 0 Å². The highest BCUT2D eigenvalue weighted by Crippen LogP contribution is 2.22. The molecule has 0 aliphatic rings. The molecule has 0 unspecified atom stereocenters. The van der Waals surface area contributed by atoms with Crippen molar-refractivity contribution >= 4 is 0 Å². The molecule has 0 aromatic heterocycles. The molecule has 0 bridgehead atoms. The Morgan fingerprint density at radius 2 is 2.00 bits per heavy atom. The summed E-state index contributed by atoms with van der Waals surface area (Å²) in [6.45, 7) is 1.79. The molecular formula is C13H21NO2. The van der Waals surface area contributed by atoms with Gasteiger partial charge in [0, 0.05) is 26.3 Å². The third-order valence-corrected chi connectivity index (χ3v) is 2.77. The Balaban J connectivity index is 2.66. The highest BCUT2D eigenvalue weighted by atomic mass is 16.5. The Bertz CT molecular complexity index is 277. The van der Waals surface area contributed by atoms with Gasteiger partial charge in [0.25, 0.3) is 0 Å². The zero-order valence-electron chi connectivity index (χ0n) is 10.1. The molecule has 1 N–H and O–H groups in total. The van der Waals surface area contributed by atoms with Crippen molar-refractivity contribution in [2.45, 2.75) is 12.5 Å². The lowest BCUT2D eigenvalue weighted by atomic mass is 10.0. The van der Waals surface area contributed by atoms with E-state index in [2.05, 4.69) is 24.1 Å². The van der Waals surface area contributed by atoms with Crippen molar-refractivity contribution in [1.82, 2.24) is 4.90 Å². The predicted octanol–water partition coefficient (Wildman–Crippen LogP) is 1.69. The van der Waals surface area contributed by atoms with Crippen molar-refractivity contribution in [1.29, 1.82) is 0 Å². The van der Waals surface area contributed by atoms with E-state index < -0.39 is 0 Å². The van der Waals surface area contributed by atoms with Crippen molar-refractivity contribution in [2.75, 3.05) is 33.9 Å². The van der Waals surface area contributed by atoms with Gasteiger partial charge in [-0.15, -0.1) is 0 Å². The average Bonchev–Trinajstić information content (AvgIpc) is 2.34. The second-order valence-electron chi connectivity index (χ2n) is 3.91. The van der Waals surface area contributed by atoms with Crippen LogP contribution in [0.1, 0.15) is 18.0 Å². The van der Waals surface area contributed by atoms with Gasteiger partial charge in [-0.1, -0.05) is 30.3 Å². The molecule has 0 saturated carbocycles. The van der Waals surface area contributed by atoms with E-state index in [9.17, 15) is 0 Å². The van der Waals surface area contributed by atoms with Crippen molar-refractivity contribution in [3.63, 3.8) is 0 Å². The number of ether oxygens (including phenoxy) is 1. The number of aliphatic hydroxyl groups is 1. The molecule has 0 radical (unpaired) electrons. The van der Waals surface area contributed by atoms with Gasteiger partial charge in [0.1, 0.15) is 0 Å². The smallest absolute Gasteiger partial charge is 0.0589 e. The molecule has 3 nitrogen and oxygen atoms in total. The van der Waals surface area contributed by atoms with Crippen LogP contribution in [-0.2, 0) is 4.74 Å². The first-order valence-corrected chi connectivity index (χ1v) is 5.64. The molecule has 0 spiro atoms. The summed E-state index contributed by atoms with van der Waals surface area (Å²) in [5.41, 5.74) is 1.25. The Morgan fingerprint density at radius 1 is 1.31 bits per heavy atom. The van der Waals surface area contributed by atoms with Gasteiger partial charge in [-0.3, -0.25) is 4.90 Å². The maximum Gasteiger partial charge on any atom is 0.0589 e. The summed E-state index contributed by atoms with van der Waals surface area (Å²) < 4.78 is 5.07. The molecule has 90 valence electrons. The minimum atomic E-state index is 0.205. The fourth-order valence-corrected chi connectivity index (χ4v) is 1.83. The van der Waals surface area contributed by atoms with Crippen LogP contribution in [0.4, 0.5) is 0 Å². The van der Waals surface area contributed by atoms with Crippen LogP contribution >= 0.6 is 0 Å². The van der Waals surface area contributed by atoms with Crippen molar-refractivity contribution in [2.24, 2.45) is 0 Å². The normalized spacial score (nSPS) is 13.0. The SMILES string of the molecule is COCCN(C)[C@@H](CCO)c1ccccc1. The number of hydrogen-bond donors (Lipinski definition) is 1. The third-order valence-electron chi connectivity index (χ3n) is 2.77. The lowest BCUT2D eigenvalue weighted by Crippen LogP contribution is -2.28. The molecule has 1 rings (SSSR count). The molecule has 0 amide bonds. The third kappa shape index (κ3) is 3.93. The minimum Gasteiger partial charge on any atom is -0.396 e. The van der Waals surface area contributed by atoms with Crippen LogP contribution in [0, 0.1) is 0 Å². The van der Waals surface area contributed by atoms with Gasteiger partial charge >= 0.3 is 0 Å². The van der Waals surface area contributed by atoms with E-state index in [1.807, 2.05) is 18.2 Å². The molecule has 16 heavy (non-hydrogen) atoms. The van der Waals surface area contributed by atoms with E-state index >= 15 is 0 Å². The number of benzene rings is 1. The summed E-state index contributed by atoms with van der Waals surface area (Å²) in [5, 5.41) is 9.11. The lowest BCUT2D eigenvalue weighted by Gasteiger charge is -2.27. The summed E-state index contributed by atoms with van der Waals surface area (Å²) in [7, 11) is 3.77. The quantitative estimate of drug-likeness (QED) is 0.763. The number of likely N-dealkylation sites (N-methyl/N-ethyl adjacent to an activating group) is 1. The van der Waals surface area contributed by atoms with Gasteiger partial charge in [-0.25, -0.2) is 0 Å². The second kappa shape index (κ2) is 7.39. The molecule has 3 heteroatoms. The molecular weight excluding hydrogens is 202 g/mol. The van der Waals surface area contributed by atoms with Gasteiger partial charge < -0.3 is 9.84 Å². The van der Waals surface area contributed by atoms with Crippen LogP contribution < -0.4 is 0 Å². The van der Waals surface area contributed by atoms with Gasteiger partial charge in [0.05, 0.1) is 6.61 Å². The molecule has 1 aromatic carbocycles. The van der Waals surface area contributed by atoms with Crippen LogP contribution in [0.25, 0.3) is 0 Å². The number of methoxy groups -OCH3 is 1. The largest absolute Gasteiger partial charge is 0.396 e. The fourth-order valence-electron chi connectivity index (χ4n) is 1.83. The predicted molar refractivity (Wildman–Crippen MR) is 65.4 cm³/mol. The summed E-state index contributed by atoms with van der Waals surface area (Å²) in [6.07, 6.45) is 0.754. The topological polar surface area (TPSA) is 32.7 Å². The maximum absolute atomic E-state index is 9.11. The first kappa shape index (κ1) is 13.2. The zero-order chi connectivity index (χ0) is 11.8. The molecule has 0 heterocycles. The van der Waals surface area contributed by atoms with E-state index in [1.54, 1.807) is 7.11 Å². The summed E-state index contributed by atoms with van der Waals surface area (Å²) >= 11 is 0. The van der Waals surface area contributed by atoms with E-state index in [4.69, 9.17) is 9.84 Å². The van der Waals surface area contributed by atoms with Crippen molar-refractivity contribution < 1.29 is 9.84 Å². The van der Waals surface area contributed by atoms with Gasteiger partial charge in [-0.2, -0.15) is 0 Å². The van der Waals surface area contributed by atoms with Crippen LogP contribution in [0.15, 0.2) is 30.3 Å². The molecule has 0 saturated heterocycles. The summed E-state index contributed by atoms with van der Waals surface area (Å²) in [4.78, 5) is 2.22. The Kier molecular flexibility index (Phi) is 6.08. The van der Waals surface area contributed by atoms with Crippen LogP contribution in [0.5, 0.6) is 0 Å². The van der Waals surface area contributed by atoms with E-state index in [0.717, 1.165) is 13.0 Å². The number of rotatable bonds is 7. The van der Waals surface area contributed by atoms with Gasteiger partial charge in [0.15, 0.2) is 0 Å². The standard InChI is InChI=1S/C13H21NO2/c1-14(9-11-16-2)13(8-10-15)12-6-4-3-5-7-12/h3-7,13,15H,8-11H2,1-2H3/t13-/m0/s1. The molecule has 0 aliphatic carbocycles. The van der Waals surface area contributed by atoms with Gasteiger partial charge in [-0.05, 0) is 19.0 Å². The number of nitrogens with zero attached hydrogens (tertiary/aromatic N) is 1. The number of aliphatic hydroxyl groups excluding tert-OH is 1. The van der Waals surface area contributed by atoms with E-state index in [0.29, 0.717) is 6.61 Å². The van der Waals surface area contributed by atoms with Crippen molar-refractivity contribution in [3.8, 4) is 0 Å². The summed E-state index contributed by atoms with van der Waals surface area (Å²) in [5.74, 6) is 0. The molecule has 1 aromatic rings. The van der Waals surface area contributed by atoms with Crippen molar-refractivity contribution in [3.05, 3.63) is 35.9 Å². The highest BCUT2D eigenvalue weighted by Gasteiger charge is 2.15. The van der Waals surface area contributed by atoms with Crippen LogP contribution in [0.2, 0.25) is 0 Å². The van der Waals surface area contributed by atoms with E-state index in [1.165, 1.54) is 5.56 Å². The zero-order valence-corrected chi connectivity index (χ0v) is 10.1. The lowest BCUT2D eigenvalue weighted by molar-refractivity contribution is 0.125. The minimum absolute atomic E-state index is 0.205. The van der Waals surface area contributed by atoms with Gasteiger partial charge in [0.2, 0.25) is 0 Å². The number of hydrogen-bond acceptors (Lipinski definition) is 3. The second-order valence-corrected chi connectivity index (χ2v) is 3.91. The fraction of sp³-hybridized carbons (Fsp3) is 0.538. The van der Waals surface area contributed by atoms with E-state index in [-0.39, 0.29) is 12.6 Å². The highest BCUT2D eigenvalue weighted by molar-refractivity contribution is 5.18. The molecule has 0 aliphatic heterocycles. The molecule has 1 atom stereocenters.